The third-order valence-electron chi connectivity index (χ3n) is 4.51. The molecule has 4 atom stereocenters. The fourth-order valence-electron chi connectivity index (χ4n) is 3.50. The minimum Gasteiger partial charge on any atom is -0.396 e. The summed E-state index contributed by atoms with van der Waals surface area (Å²) >= 11 is 0. The molecule has 0 unspecified atom stereocenters. The third-order valence-corrected chi connectivity index (χ3v) is 4.51. The summed E-state index contributed by atoms with van der Waals surface area (Å²) in [5, 5.41) is 9.14. The molecule has 0 amide bonds. The molecule has 0 saturated carbocycles. The lowest BCUT2D eigenvalue weighted by atomic mass is 9.78. The van der Waals surface area contributed by atoms with Gasteiger partial charge in [0.05, 0.1) is 18.8 Å². The van der Waals surface area contributed by atoms with Crippen molar-refractivity contribution in [2.45, 2.75) is 64.1 Å². The second-order valence-corrected chi connectivity index (χ2v) is 5.77. The number of unbranched alkanes of at least 4 members (excludes halogenated alkanes) is 3. The molecule has 0 aliphatic carbocycles. The summed E-state index contributed by atoms with van der Waals surface area (Å²) in [5.74, 6) is 1.06. The van der Waals surface area contributed by atoms with Gasteiger partial charge < -0.3 is 14.6 Å². The van der Waals surface area contributed by atoms with E-state index in [1.54, 1.807) is 0 Å². The Bertz CT molecular complexity index is 232. The first-order valence-electron chi connectivity index (χ1n) is 7.71. The molecular weight excluding hydrogens is 228 g/mol. The minimum atomic E-state index is 0.282. The zero-order valence-corrected chi connectivity index (χ0v) is 11.6. The molecule has 2 heterocycles. The van der Waals surface area contributed by atoms with Gasteiger partial charge in [-0.2, -0.15) is 0 Å². The Morgan fingerprint density at radius 2 is 1.89 bits per heavy atom. The number of hydrogen-bond donors (Lipinski definition) is 1. The van der Waals surface area contributed by atoms with Crippen LogP contribution in [0.15, 0.2) is 0 Å². The fraction of sp³-hybridized carbons (Fsp3) is 1.00. The van der Waals surface area contributed by atoms with Gasteiger partial charge >= 0.3 is 0 Å². The summed E-state index contributed by atoms with van der Waals surface area (Å²) in [5.41, 5.74) is 0. The molecule has 2 saturated heterocycles. The lowest BCUT2D eigenvalue weighted by molar-refractivity contribution is 0.0466. The van der Waals surface area contributed by atoms with E-state index in [4.69, 9.17) is 14.6 Å². The van der Waals surface area contributed by atoms with Crippen LogP contribution in [0.3, 0.4) is 0 Å². The fourth-order valence-corrected chi connectivity index (χ4v) is 3.50. The third kappa shape index (κ3) is 3.46. The highest BCUT2D eigenvalue weighted by Gasteiger charge is 2.48. The van der Waals surface area contributed by atoms with Gasteiger partial charge in [0.25, 0.3) is 0 Å². The maximum atomic E-state index is 9.14. The van der Waals surface area contributed by atoms with Crippen LogP contribution in [0.2, 0.25) is 0 Å². The first-order chi connectivity index (χ1) is 8.86. The van der Waals surface area contributed by atoms with Crippen molar-refractivity contribution in [1.29, 1.82) is 0 Å². The van der Waals surface area contributed by atoms with Gasteiger partial charge in [0, 0.05) is 19.1 Å². The van der Waals surface area contributed by atoms with Gasteiger partial charge in [0.15, 0.2) is 0 Å². The van der Waals surface area contributed by atoms with Crippen LogP contribution in [-0.2, 0) is 9.47 Å². The molecule has 0 radical (unpaired) electrons. The van der Waals surface area contributed by atoms with Crippen molar-refractivity contribution in [3.8, 4) is 0 Å². The maximum Gasteiger partial charge on any atom is 0.0633 e. The first kappa shape index (κ1) is 14.3. The monoisotopic (exact) mass is 256 g/mol. The van der Waals surface area contributed by atoms with Crippen molar-refractivity contribution in [2.24, 2.45) is 11.8 Å². The van der Waals surface area contributed by atoms with Gasteiger partial charge in [-0.3, -0.25) is 0 Å². The largest absolute Gasteiger partial charge is 0.396 e. The Morgan fingerprint density at radius 3 is 2.61 bits per heavy atom. The topological polar surface area (TPSA) is 38.7 Å². The molecule has 0 spiro atoms. The van der Waals surface area contributed by atoms with E-state index in [0.717, 1.165) is 19.6 Å². The summed E-state index contributed by atoms with van der Waals surface area (Å²) < 4.78 is 11.8. The molecule has 18 heavy (non-hydrogen) atoms. The second-order valence-electron chi connectivity index (χ2n) is 5.77. The molecule has 2 aliphatic rings. The normalized spacial score (nSPS) is 34.3. The predicted molar refractivity (Wildman–Crippen MR) is 71.5 cm³/mol. The molecule has 2 bridgehead atoms. The molecule has 2 aliphatic heterocycles. The standard InChI is InChI=1S/C15H28O3/c1-2-3-4-5-10-17-11-13-12(8-9-16)14-6-7-15(13)18-14/h12-16H,2-11H2,1H3/t12-,13+,14-,15+/m1/s1. The van der Waals surface area contributed by atoms with E-state index in [1.165, 1.54) is 38.5 Å². The number of fused-ring (bicyclic) bond motifs is 2. The minimum absolute atomic E-state index is 0.282. The molecule has 3 nitrogen and oxygen atoms in total. The van der Waals surface area contributed by atoms with Gasteiger partial charge in [0.2, 0.25) is 0 Å². The van der Waals surface area contributed by atoms with Crippen molar-refractivity contribution >= 4 is 0 Å². The average Bonchev–Trinajstić information content (AvgIpc) is 2.96. The van der Waals surface area contributed by atoms with E-state index in [9.17, 15) is 0 Å². The molecule has 2 fully saturated rings. The van der Waals surface area contributed by atoms with E-state index in [-0.39, 0.29) is 6.61 Å². The van der Waals surface area contributed by atoms with Gasteiger partial charge in [-0.1, -0.05) is 26.2 Å². The van der Waals surface area contributed by atoms with Crippen molar-refractivity contribution in [1.82, 2.24) is 0 Å². The van der Waals surface area contributed by atoms with Gasteiger partial charge in [-0.05, 0) is 31.6 Å². The first-order valence-corrected chi connectivity index (χ1v) is 7.71. The molecular formula is C15H28O3. The predicted octanol–water partition coefficient (Wildman–Crippen LogP) is 2.76. The molecule has 1 N–H and O–H groups in total. The van der Waals surface area contributed by atoms with E-state index in [0.29, 0.717) is 24.0 Å². The Hall–Kier alpha value is -0.120. The van der Waals surface area contributed by atoms with Crippen molar-refractivity contribution < 1.29 is 14.6 Å². The van der Waals surface area contributed by atoms with Crippen LogP contribution in [0.1, 0.15) is 51.9 Å². The Balaban J connectivity index is 1.64. The zero-order valence-electron chi connectivity index (χ0n) is 11.6. The van der Waals surface area contributed by atoms with E-state index in [2.05, 4.69) is 6.92 Å². The molecule has 3 heteroatoms. The summed E-state index contributed by atoms with van der Waals surface area (Å²) in [6.45, 7) is 4.23. The highest BCUT2D eigenvalue weighted by Crippen LogP contribution is 2.44. The molecule has 106 valence electrons. The van der Waals surface area contributed by atoms with E-state index in [1.807, 2.05) is 0 Å². The highest BCUT2D eigenvalue weighted by molar-refractivity contribution is 4.95. The van der Waals surface area contributed by atoms with Crippen LogP contribution in [0.5, 0.6) is 0 Å². The molecule has 0 aromatic carbocycles. The van der Waals surface area contributed by atoms with Crippen LogP contribution < -0.4 is 0 Å². The second kappa shape index (κ2) is 7.46. The Kier molecular flexibility index (Phi) is 5.93. The van der Waals surface area contributed by atoms with Crippen molar-refractivity contribution in [3.05, 3.63) is 0 Å². The van der Waals surface area contributed by atoms with Crippen LogP contribution in [0.4, 0.5) is 0 Å². The number of hydrogen-bond acceptors (Lipinski definition) is 3. The van der Waals surface area contributed by atoms with Crippen LogP contribution in [0, 0.1) is 11.8 Å². The number of rotatable bonds is 9. The van der Waals surface area contributed by atoms with Gasteiger partial charge in [-0.25, -0.2) is 0 Å². The van der Waals surface area contributed by atoms with E-state index >= 15 is 0 Å². The summed E-state index contributed by atoms with van der Waals surface area (Å²) in [6, 6.07) is 0. The van der Waals surface area contributed by atoms with Crippen LogP contribution in [-0.4, -0.2) is 37.1 Å². The van der Waals surface area contributed by atoms with E-state index < -0.39 is 0 Å². The molecule has 0 aromatic rings. The molecule has 0 aromatic heterocycles. The Labute approximate surface area is 111 Å². The smallest absolute Gasteiger partial charge is 0.0633 e. The quantitative estimate of drug-likeness (QED) is 0.645. The lowest BCUT2D eigenvalue weighted by Gasteiger charge is -2.27. The molecule has 2 rings (SSSR count). The summed E-state index contributed by atoms with van der Waals surface area (Å²) in [7, 11) is 0. The summed E-state index contributed by atoms with van der Waals surface area (Å²) in [6.07, 6.45) is 9.11. The van der Waals surface area contributed by atoms with Gasteiger partial charge in [-0.15, -0.1) is 0 Å². The van der Waals surface area contributed by atoms with Crippen molar-refractivity contribution in [2.75, 3.05) is 19.8 Å². The van der Waals surface area contributed by atoms with Crippen molar-refractivity contribution in [3.63, 3.8) is 0 Å². The number of aliphatic hydroxyl groups is 1. The SMILES string of the molecule is CCCCCCOC[C@H]1[C@@H](CCO)[C@H]2CC[C@@H]1O2. The zero-order chi connectivity index (χ0) is 12.8. The van der Waals surface area contributed by atoms with Gasteiger partial charge in [0.1, 0.15) is 0 Å². The maximum absolute atomic E-state index is 9.14. The average molecular weight is 256 g/mol. The number of ether oxygens (including phenoxy) is 2. The van der Waals surface area contributed by atoms with Crippen LogP contribution in [0.25, 0.3) is 0 Å². The number of aliphatic hydroxyl groups excluding tert-OH is 1. The highest BCUT2D eigenvalue weighted by atomic mass is 16.5. The van der Waals surface area contributed by atoms with Crippen LogP contribution >= 0.6 is 0 Å². The Morgan fingerprint density at radius 1 is 1.11 bits per heavy atom. The summed E-state index contributed by atoms with van der Waals surface area (Å²) in [4.78, 5) is 0. The lowest BCUT2D eigenvalue weighted by Crippen LogP contribution is -2.31.